The Morgan fingerprint density at radius 3 is 2.57 bits per heavy atom. The first-order chi connectivity index (χ1) is 6.59. The van der Waals surface area contributed by atoms with Crippen LogP contribution in [-0.4, -0.2) is 0 Å². The number of nitrogen functional groups attached to an aromatic ring is 1. The van der Waals surface area contributed by atoms with Gasteiger partial charge >= 0.3 is 0 Å². The fraction of sp³-hybridized carbons (Fsp3) is 0.455. The molecule has 0 bridgehead atoms. The minimum absolute atomic E-state index is 0.186. The van der Waals surface area contributed by atoms with E-state index < -0.39 is 0 Å². The SMILES string of the molecule is Cc1cc([C@H](N)C2CC2)cc(Br)c1N. The van der Waals surface area contributed by atoms with E-state index in [9.17, 15) is 0 Å². The molecule has 0 spiro atoms. The first kappa shape index (κ1) is 9.99. The molecule has 2 nitrogen and oxygen atoms in total. The molecule has 4 N–H and O–H groups in total. The van der Waals surface area contributed by atoms with Crippen LogP contribution in [0.4, 0.5) is 5.69 Å². The largest absolute Gasteiger partial charge is 0.398 e. The Bertz CT molecular complexity index is 335. The van der Waals surface area contributed by atoms with Gasteiger partial charge in [0.2, 0.25) is 0 Å². The highest BCUT2D eigenvalue weighted by atomic mass is 79.9. The lowest BCUT2D eigenvalue weighted by atomic mass is 10.0. The summed E-state index contributed by atoms with van der Waals surface area (Å²) in [5, 5.41) is 0. The van der Waals surface area contributed by atoms with Gasteiger partial charge in [-0.3, -0.25) is 0 Å². The summed E-state index contributed by atoms with van der Waals surface area (Å²) in [6.45, 7) is 2.02. The third-order valence-electron chi connectivity index (χ3n) is 2.87. The lowest BCUT2D eigenvalue weighted by Gasteiger charge is -2.13. The third-order valence-corrected chi connectivity index (χ3v) is 3.53. The molecule has 1 aromatic rings. The number of anilines is 1. The molecule has 1 aliphatic carbocycles. The van der Waals surface area contributed by atoms with Gasteiger partial charge in [0.25, 0.3) is 0 Å². The molecule has 1 atom stereocenters. The van der Waals surface area contributed by atoms with Crippen molar-refractivity contribution in [1.29, 1.82) is 0 Å². The molecule has 0 radical (unpaired) electrons. The summed E-state index contributed by atoms with van der Waals surface area (Å²) >= 11 is 3.45. The van der Waals surface area contributed by atoms with E-state index in [1.807, 2.05) is 13.0 Å². The van der Waals surface area contributed by atoms with E-state index in [0.29, 0.717) is 5.92 Å². The molecular formula is C11H15BrN2. The van der Waals surface area contributed by atoms with E-state index in [1.165, 1.54) is 18.4 Å². The maximum atomic E-state index is 6.13. The van der Waals surface area contributed by atoms with E-state index in [1.54, 1.807) is 0 Å². The van der Waals surface area contributed by atoms with Gasteiger partial charge in [0.15, 0.2) is 0 Å². The Hall–Kier alpha value is -0.540. The second kappa shape index (κ2) is 3.55. The van der Waals surface area contributed by atoms with Gasteiger partial charge in [-0.2, -0.15) is 0 Å². The van der Waals surface area contributed by atoms with E-state index in [2.05, 4.69) is 22.0 Å². The zero-order chi connectivity index (χ0) is 10.3. The van der Waals surface area contributed by atoms with E-state index >= 15 is 0 Å². The summed E-state index contributed by atoms with van der Waals surface area (Å²) < 4.78 is 0.962. The molecule has 0 aliphatic heterocycles. The Balaban J connectivity index is 2.34. The second-order valence-corrected chi connectivity index (χ2v) is 4.95. The summed E-state index contributed by atoms with van der Waals surface area (Å²) in [4.78, 5) is 0. The molecule has 1 aliphatic rings. The number of nitrogens with two attached hydrogens (primary N) is 2. The standard InChI is InChI=1S/C11H15BrN2/c1-6-4-8(5-9(12)10(6)13)11(14)7-2-3-7/h4-5,7,11H,2-3,13-14H2,1H3/t11-/m1/s1. The van der Waals surface area contributed by atoms with Crippen molar-refractivity contribution in [2.45, 2.75) is 25.8 Å². The van der Waals surface area contributed by atoms with Crippen molar-refractivity contribution in [1.82, 2.24) is 0 Å². The molecule has 0 amide bonds. The molecule has 0 heterocycles. The molecule has 14 heavy (non-hydrogen) atoms. The predicted octanol–water partition coefficient (Wildman–Crippen LogP) is 2.75. The van der Waals surface area contributed by atoms with Crippen molar-refractivity contribution in [2.24, 2.45) is 11.7 Å². The van der Waals surface area contributed by atoms with Crippen molar-refractivity contribution < 1.29 is 0 Å². The monoisotopic (exact) mass is 254 g/mol. The number of hydrogen-bond donors (Lipinski definition) is 2. The van der Waals surface area contributed by atoms with Gasteiger partial charge < -0.3 is 11.5 Å². The van der Waals surface area contributed by atoms with Crippen molar-refractivity contribution >= 4 is 21.6 Å². The van der Waals surface area contributed by atoms with Gasteiger partial charge in [-0.1, -0.05) is 6.07 Å². The Kier molecular flexibility index (Phi) is 2.54. The minimum atomic E-state index is 0.186. The molecule has 0 aromatic heterocycles. The smallest absolute Gasteiger partial charge is 0.0488 e. The molecule has 3 heteroatoms. The van der Waals surface area contributed by atoms with Gasteiger partial charge in [0.1, 0.15) is 0 Å². The minimum Gasteiger partial charge on any atom is -0.398 e. The van der Waals surface area contributed by atoms with Crippen LogP contribution in [0.5, 0.6) is 0 Å². The van der Waals surface area contributed by atoms with Gasteiger partial charge in [-0.15, -0.1) is 0 Å². The molecule has 0 saturated heterocycles. The summed E-state index contributed by atoms with van der Waals surface area (Å²) in [5.74, 6) is 0.685. The Morgan fingerprint density at radius 1 is 1.43 bits per heavy atom. The highest BCUT2D eigenvalue weighted by Crippen LogP contribution is 2.40. The Labute approximate surface area is 92.8 Å². The third kappa shape index (κ3) is 1.79. The summed E-state index contributed by atoms with van der Waals surface area (Å²) in [5.41, 5.74) is 15.1. The first-order valence-electron chi connectivity index (χ1n) is 4.90. The van der Waals surface area contributed by atoms with Crippen molar-refractivity contribution in [3.63, 3.8) is 0 Å². The van der Waals surface area contributed by atoms with Crippen LogP contribution in [0.3, 0.4) is 0 Å². The highest BCUT2D eigenvalue weighted by molar-refractivity contribution is 9.10. The van der Waals surface area contributed by atoms with Crippen molar-refractivity contribution in [3.8, 4) is 0 Å². The van der Waals surface area contributed by atoms with Crippen LogP contribution < -0.4 is 11.5 Å². The van der Waals surface area contributed by atoms with Crippen molar-refractivity contribution in [2.75, 3.05) is 5.73 Å². The maximum absolute atomic E-state index is 6.13. The fourth-order valence-corrected chi connectivity index (χ4v) is 2.28. The van der Waals surface area contributed by atoms with Gasteiger partial charge in [-0.05, 0) is 58.8 Å². The van der Waals surface area contributed by atoms with Crippen LogP contribution >= 0.6 is 15.9 Å². The fourth-order valence-electron chi connectivity index (χ4n) is 1.70. The summed E-state index contributed by atoms with van der Waals surface area (Å²) in [7, 11) is 0. The average Bonchev–Trinajstić information content (AvgIpc) is 2.95. The predicted molar refractivity (Wildman–Crippen MR) is 62.9 cm³/mol. The van der Waals surface area contributed by atoms with Gasteiger partial charge in [0, 0.05) is 16.2 Å². The zero-order valence-electron chi connectivity index (χ0n) is 8.26. The van der Waals surface area contributed by atoms with Crippen molar-refractivity contribution in [3.05, 3.63) is 27.7 Å². The molecule has 2 rings (SSSR count). The Morgan fingerprint density at radius 2 is 2.07 bits per heavy atom. The highest BCUT2D eigenvalue weighted by Gasteiger charge is 2.29. The summed E-state index contributed by atoms with van der Waals surface area (Å²) in [6, 6.07) is 4.33. The van der Waals surface area contributed by atoms with E-state index in [0.717, 1.165) is 15.7 Å². The lowest BCUT2D eigenvalue weighted by molar-refractivity contribution is 0.633. The molecule has 1 saturated carbocycles. The van der Waals surface area contributed by atoms with E-state index in [4.69, 9.17) is 11.5 Å². The molecule has 1 aromatic carbocycles. The second-order valence-electron chi connectivity index (χ2n) is 4.10. The first-order valence-corrected chi connectivity index (χ1v) is 5.70. The maximum Gasteiger partial charge on any atom is 0.0488 e. The lowest BCUT2D eigenvalue weighted by Crippen LogP contribution is -2.12. The van der Waals surface area contributed by atoms with Gasteiger partial charge in [0.05, 0.1) is 0 Å². The molecule has 76 valence electrons. The number of halogens is 1. The van der Waals surface area contributed by atoms with Crippen LogP contribution in [0, 0.1) is 12.8 Å². The van der Waals surface area contributed by atoms with E-state index in [-0.39, 0.29) is 6.04 Å². The van der Waals surface area contributed by atoms with Crippen LogP contribution in [0.15, 0.2) is 16.6 Å². The van der Waals surface area contributed by atoms with Crippen LogP contribution in [0.2, 0.25) is 0 Å². The van der Waals surface area contributed by atoms with Gasteiger partial charge in [-0.25, -0.2) is 0 Å². The van der Waals surface area contributed by atoms with Crippen LogP contribution in [0.1, 0.15) is 30.0 Å². The summed E-state index contributed by atoms with van der Waals surface area (Å²) in [6.07, 6.45) is 2.53. The van der Waals surface area contributed by atoms with Crippen LogP contribution in [0.25, 0.3) is 0 Å². The number of hydrogen-bond acceptors (Lipinski definition) is 2. The average molecular weight is 255 g/mol. The topological polar surface area (TPSA) is 52.0 Å². The molecule has 0 unspecified atom stereocenters. The molecule has 1 fully saturated rings. The number of aryl methyl sites for hydroxylation is 1. The number of rotatable bonds is 2. The zero-order valence-corrected chi connectivity index (χ0v) is 9.84. The normalized spacial score (nSPS) is 18.2. The van der Waals surface area contributed by atoms with Crippen LogP contribution in [-0.2, 0) is 0 Å². The number of benzene rings is 1. The molecular weight excluding hydrogens is 240 g/mol. The quantitative estimate of drug-likeness (QED) is 0.798.